The Labute approximate surface area is 176 Å². The number of benzene rings is 3. The van der Waals surface area contributed by atoms with Crippen molar-refractivity contribution in [2.75, 3.05) is 6.54 Å². The Kier molecular flexibility index (Phi) is 4.43. The maximum Gasteiger partial charge on any atom is 0.328 e. The molecular weight excluding hydrogens is 372 g/mol. The van der Waals surface area contributed by atoms with Gasteiger partial charge in [-0.3, -0.25) is 9.69 Å². The zero-order valence-corrected chi connectivity index (χ0v) is 17.0. The number of hydrogen-bond donors (Lipinski definition) is 0. The van der Waals surface area contributed by atoms with Crippen LogP contribution in [0.1, 0.15) is 35.2 Å². The molecule has 4 heteroatoms. The molecular formula is C26H24N2O2. The Morgan fingerprint density at radius 2 is 1.50 bits per heavy atom. The van der Waals surface area contributed by atoms with Crippen molar-refractivity contribution in [3.63, 3.8) is 0 Å². The Hall–Kier alpha value is -3.40. The summed E-state index contributed by atoms with van der Waals surface area (Å²) in [4.78, 5) is 31.0. The average molecular weight is 396 g/mol. The van der Waals surface area contributed by atoms with E-state index >= 15 is 0 Å². The number of carbonyl (C=O) groups is 2. The first kappa shape index (κ1) is 18.6. The van der Waals surface area contributed by atoms with Crippen LogP contribution >= 0.6 is 0 Å². The van der Waals surface area contributed by atoms with Crippen molar-refractivity contribution in [2.24, 2.45) is 0 Å². The van der Waals surface area contributed by atoms with Gasteiger partial charge in [0.15, 0.2) is 5.54 Å². The predicted molar refractivity (Wildman–Crippen MR) is 116 cm³/mol. The van der Waals surface area contributed by atoms with Gasteiger partial charge in [-0.15, -0.1) is 0 Å². The predicted octanol–water partition coefficient (Wildman–Crippen LogP) is 4.71. The molecule has 2 aliphatic heterocycles. The summed E-state index contributed by atoms with van der Waals surface area (Å²) in [6.45, 7) is 2.48. The van der Waals surface area contributed by atoms with Crippen molar-refractivity contribution < 1.29 is 9.59 Å². The summed E-state index contributed by atoms with van der Waals surface area (Å²) in [5.41, 5.74) is 3.13. The number of hydrogen-bond acceptors (Lipinski definition) is 2. The van der Waals surface area contributed by atoms with E-state index in [-0.39, 0.29) is 18.0 Å². The molecule has 3 amide bonds. The molecule has 0 N–H and O–H groups in total. The minimum Gasteiger partial charge on any atom is -0.305 e. The highest BCUT2D eigenvalue weighted by molar-refractivity contribution is 6.08. The Balaban J connectivity index is 1.66. The minimum atomic E-state index is -0.990. The molecule has 1 fully saturated rings. The number of fused-ring (bicyclic) bond motifs is 3. The molecule has 0 spiro atoms. The Bertz CT molecular complexity index is 1100. The summed E-state index contributed by atoms with van der Waals surface area (Å²) in [5.74, 6) is -0.125. The summed E-state index contributed by atoms with van der Waals surface area (Å²) >= 11 is 0. The summed E-state index contributed by atoms with van der Waals surface area (Å²) in [5, 5.41) is 0. The number of nitrogens with zero attached hydrogens (tertiary/aromatic N) is 2. The zero-order chi connectivity index (χ0) is 20.7. The molecule has 0 aromatic heterocycles. The maximum absolute atomic E-state index is 14.1. The summed E-state index contributed by atoms with van der Waals surface area (Å²) < 4.78 is 0. The molecule has 150 valence electrons. The van der Waals surface area contributed by atoms with Gasteiger partial charge in [-0.05, 0) is 35.6 Å². The smallest absolute Gasteiger partial charge is 0.305 e. The van der Waals surface area contributed by atoms with Crippen LogP contribution in [-0.4, -0.2) is 28.3 Å². The van der Waals surface area contributed by atoms with Crippen LogP contribution in [0.5, 0.6) is 0 Å². The number of rotatable bonds is 4. The van der Waals surface area contributed by atoms with Gasteiger partial charge in [-0.2, -0.15) is 0 Å². The van der Waals surface area contributed by atoms with E-state index < -0.39 is 5.54 Å². The lowest BCUT2D eigenvalue weighted by Crippen LogP contribution is -2.52. The molecule has 0 bridgehead atoms. The molecule has 3 aromatic carbocycles. The highest BCUT2D eigenvalue weighted by Crippen LogP contribution is 2.46. The first-order valence-electron chi connectivity index (χ1n) is 10.5. The first-order valence-corrected chi connectivity index (χ1v) is 10.5. The minimum absolute atomic E-state index is 0.125. The fourth-order valence-electron chi connectivity index (χ4n) is 5.00. The van der Waals surface area contributed by atoms with Gasteiger partial charge >= 0.3 is 6.03 Å². The second kappa shape index (κ2) is 7.13. The van der Waals surface area contributed by atoms with Gasteiger partial charge in [0.1, 0.15) is 0 Å². The third-order valence-corrected chi connectivity index (χ3v) is 6.51. The Morgan fingerprint density at radius 1 is 0.867 bits per heavy atom. The highest BCUT2D eigenvalue weighted by Gasteiger charge is 2.61. The fraction of sp³-hybridized carbons (Fsp3) is 0.231. The average Bonchev–Trinajstić information content (AvgIpc) is 3.01. The van der Waals surface area contributed by atoms with E-state index in [4.69, 9.17) is 0 Å². The van der Waals surface area contributed by atoms with Gasteiger partial charge in [0.2, 0.25) is 0 Å². The number of amides is 3. The van der Waals surface area contributed by atoms with Crippen LogP contribution in [0.4, 0.5) is 4.79 Å². The van der Waals surface area contributed by atoms with Crippen molar-refractivity contribution in [2.45, 2.75) is 31.3 Å². The second-order valence-electron chi connectivity index (χ2n) is 8.13. The van der Waals surface area contributed by atoms with Gasteiger partial charge < -0.3 is 4.90 Å². The fourth-order valence-corrected chi connectivity index (χ4v) is 5.00. The summed E-state index contributed by atoms with van der Waals surface area (Å²) in [7, 11) is 0. The lowest BCUT2D eigenvalue weighted by atomic mass is 9.76. The molecule has 1 saturated heterocycles. The van der Waals surface area contributed by atoms with Crippen molar-refractivity contribution in [1.82, 2.24) is 9.80 Å². The van der Waals surface area contributed by atoms with Crippen LogP contribution in [0.25, 0.3) is 0 Å². The molecule has 3 aromatic rings. The van der Waals surface area contributed by atoms with Gasteiger partial charge in [-0.1, -0.05) is 84.9 Å². The van der Waals surface area contributed by atoms with Crippen LogP contribution in [0.15, 0.2) is 84.9 Å². The SMILES string of the molecule is CC(c1ccccc1)N1C(=O)N2CCc3ccccc3C2(Cc2ccccc2)C1=O. The van der Waals surface area contributed by atoms with Crippen molar-refractivity contribution >= 4 is 11.9 Å². The van der Waals surface area contributed by atoms with E-state index in [0.29, 0.717) is 13.0 Å². The second-order valence-corrected chi connectivity index (χ2v) is 8.13. The highest BCUT2D eigenvalue weighted by atomic mass is 16.2. The monoisotopic (exact) mass is 396 g/mol. The Morgan fingerprint density at radius 3 is 2.23 bits per heavy atom. The quantitative estimate of drug-likeness (QED) is 0.600. The summed E-state index contributed by atoms with van der Waals surface area (Å²) in [6, 6.07) is 27.3. The molecule has 0 aliphatic carbocycles. The van der Waals surface area contributed by atoms with Crippen molar-refractivity contribution in [3.05, 3.63) is 107 Å². The van der Waals surface area contributed by atoms with Gasteiger partial charge in [0, 0.05) is 13.0 Å². The molecule has 2 aliphatic rings. The number of imide groups is 1. The molecule has 2 heterocycles. The van der Waals surface area contributed by atoms with Crippen LogP contribution in [0.3, 0.4) is 0 Å². The van der Waals surface area contributed by atoms with E-state index in [1.54, 1.807) is 0 Å². The molecule has 0 saturated carbocycles. The van der Waals surface area contributed by atoms with E-state index in [1.807, 2.05) is 90.7 Å². The van der Waals surface area contributed by atoms with E-state index in [2.05, 4.69) is 6.07 Å². The third-order valence-electron chi connectivity index (χ3n) is 6.51. The van der Waals surface area contributed by atoms with Crippen LogP contribution in [0, 0.1) is 0 Å². The van der Waals surface area contributed by atoms with Crippen LogP contribution in [-0.2, 0) is 23.2 Å². The number of urea groups is 1. The molecule has 4 nitrogen and oxygen atoms in total. The van der Waals surface area contributed by atoms with Gasteiger partial charge in [-0.25, -0.2) is 4.79 Å². The van der Waals surface area contributed by atoms with Crippen LogP contribution < -0.4 is 0 Å². The van der Waals surface area contributed by atoms with E-state index in [0.717, 1.165) is 28.7 Å². The zero-order valence-electron chi connectivity index (χ0n) is 17.0. The topological polar surface area (TPSA) is 40.6 Å². The van der Waals surface area contributed by atoms with Crippen LogP contribution in [0.2, 0.25) is 0 Å². The normalized spacial score (nSPS) is 21.4. The molecule has 2 unspecified atom stereocenters. The third kappa shape index (κ3) is 2.67. The van der Waals surface area contributed by atoms with Crippen molar-refractivity contribution in [3.8, 4) is 0 Å². The lowest BCUT2D eigenvalue weighted by Gasteiger charge is -2.41. The van der Waals surface area contributed by atoms with E-state index in [1.165, 1.54) is 4.90 Å². The molecule has 5 rings (SSSR count). The standard InChI is InChI=1S/C26H24N2O2/c1-19(21-12-6-3-7-13-21)28-24(29)26(18-20-10-4-2-5-11-20)23-15-9-8-14-22(23)16-17-27(26)25(28)30/h2-15,19H,16-18H2,1H3. The van der Waals surface area contributed by atoms with E-state index in [9.17, 15) is 9.59 Å². The van der Waals surface area contributed by atoms with Crippen molar-refractivity contribution in [1.29, 1.82) is 0 Å². The molecule has 0 radical (unpaired) electrons. The maximum atomic E-state index is 14.1. The largest absolute Gasteiger partial charge is 0.328 e. The molecule has 2 atom stereocenters. The summed E-state index contributed by atoms with van der Waals surface area (Å²) in [6.07, 6.45) is 1.24. The lowest BCUT2D eigenvalue weighted by molar-refractivity contribution is -0.135. The number of carbonyl (C=O) groups excluding carboxylic acids is 2. The van der Waals surface area contributed by atoms with Gasteiger partial charge in [0.05, 0.1) is 6.04 Å². The van der Waals surface area contributed by atoms with Gasteiger partial charge in [0.25, 0.3) is 5.91 Å². The molecule has 30 heavy (non-hydrogen) atoms. The first-order chi connectivity index (χ1) is 14.6.